The molecule has 9 nitrogen and oxygen atoms in total. The Kier molecular flexibility index (Phi) is 9.62. The molecule has 1 saturated heterocycles. The number of hydrogen-bond donors (Lipinski definition) is 3. The van der Waals surface area contributed by atoms with Gasteiger partial charge < -0.3 is 30.4 Å². The van der Waals surface area contributed by atoms with E-state index in [-0.39, 0.29) is 71.3 Å². The van der Waals surface area contributed by atoms with Gasteiger partial charge in [-0.3, -0.25) is 14.4 Å². The number of ether oxygens (including phenoxy) is 1. The maximum Gasteiger partial charge on any atom is 2.00 e. The molecule has 3 aliphatic heterocycles. The van der Waals surface area contributed by atoms with Crippen molar-refractivity contribution < 1.29 is 24.2 Å². The van der Waals surface area contributed by atoms with E-state index in [0.29, 0.717) is 30.5 Å². The molecular weight excluding hydrogens is 581 g/mol. The second kappa shape index (κ2) is 12.9. The minimum atomic E-state index is -1.01. The molecule has 0 saturated carbocycles. The van der Waals surface area contributed by atoms with Crippen LogP contribution in [-0.4, -0.2) is 77.2 Å². The zero-order chi connectivity index (χ0) is 31.6. The van der Waals surface area contributed by atoms with E-state index in [9.17, 15) is 19.5 Å². The molecule has 0 spiro atoms. The van der Waals surface area contributed by atoms with Gasteiger partial charge in [0.05, 0.1) is 7.11 Å². The Balaban J connectivity index is 0.00000400. The van der Waals surface area contributed by atoms with Crippen LogP contribution in [0.15, 0.2) is 17.7 Å². The summed E-state index contributed by atoms with van der Waals surface area (Å²) < 4.78 is 5.20. The summed E-state index contributed by atoms with van der Waals surface area (Å²) in [5.41, 5.74) is 9.86. The number of rotatable bonds is 6. The number of carboxylic acid groups (broad SMARTS) is 1. The molecule has 8 atom stereocenters. The number of nitrogens with one attached hydrogen (secondary N) is 2. The fraction of sp³-hybridized carbons (Fsp3) is 0.571. The number of nitrogens with zero attached hydrogens (tertiary/aromatic N) is 2. The second-order valence-electron chi connectivity index (χ2n) is 13.3. The fourth-order valence-electron chi connectivity index (χ4n) is 8.89. The van der Waals surface area contributed by atoms with Gasteiger partial charge in [0.15, 0.2) is 5.78 Å². The molecule has 0 aromatic carbocycles. The van der Waals surface area contributed by atoms with Crippen LogP contribution in [0.3, 0.4) is 0 Å². The minimum Gasteiger partial charge on any atom is -0.664 e. The number of carbonyl (C=O) groups excluding carboxylic acids is 2. The van der Waals surface area contributed by atoms with Crippen LogP contribution in [-0.2, 0) is 33.6 Å². The number of ketones is 1. The van der Waals surface area contributed by atoms with Gasteiger partial charge in [-0.1, -0.05) is 48.8 Å². The number of fused-ring (bicyclic) bond motifs is 8. The van der Waals surface area contributed by atoms with Crippen molar-refractivity contribution in [2.75, 3.05) is 7.11 Å². The Morgan fingerprint density at radius 3 is 2.38 bits per heavy atom. The van der Waals surface area contributed by atoms with Gasteiger partial charge in [0.2, 0.25) is 0 Å². The molecule has 3 N–H and O–H groups in total. The molecule has 2 aromatic rings. The predicted octanol–water partition coefficient (Wildman–Crippen LogP) is 3.41. The molecule has 0 amide bonds. The summed E-state index contributed by atoms with van der Waals surface area (Å²) in [6.07, 6.45) is 5.32. The summed E-state index contributed by atoms with van der Waals surface area (Å²) in [6.45, 7) is 14.7. The van der Waals surface area contributed by atoms with Crippen LogP contribution in [0, 0.1) is 31.6 Å². The molecule has 8 unspecified atom stereocenters. The first-order valence-corrected chi connectivity index (χ1v) is 16.0. The Morgan fingerprint density at radius 1 is 1.04 bits per heavy atom. The molecule has 4 aliphatic rings. The third kappa shape index (κ3) is 5.45. The zero-order valence-electron chi connectivity index (χ0n) is 27.3. The molecular formula is C35H44MgN4O5. The van der Waals surface area contributed by atoms with Crippen molar-refractivity contribution >= 4 is 46.9 Å². The molecule has 8 bridgehead atoms. The number of esters is 1. The largest absolute Gasteiger partial charge is 2.00 e. The summed E-state index contributed by atoms with van der Waals surface area (Å²) in [5.74, 6) is -3.24. The van der Waals surface area contributed by atoms with Crippen molar-refractivity contribution in [1.82, 2.24) is 20.6 Å². The van der Waals surface area contributed by atoms with Gasteiger partial charge >= 0.3 is 35.0 Å². The summed E-state index contributed by atoms with van der Waals surface area (Å²) in [7, 11) is 1.32. The van der Waals surface area contributed by atoms with Gasteiger partial charge in [0, 0.05) is 42.1 Å². The van der Waals surface area contributed by atoms with E-state index in [4.69, 9.17) is 14.7 Å². The van der Waals surface area contributed by atoms with E-state index in [0.717, 1.165) is 46.6 Å². The predicted molar refractivity (Wildman–Crippen MR) is 172 cm³/mol. The van der Waals surface area contributed by atoms with Crippen molar-refractivity contribution in [3.05, 3.63) is 62.8 Å². The SMILES string of the molecule is C=Cc1c2[n-]c(c1C)CC1NC(C(CCC(=O)O)C1C)C1c3[n-]c(c(C)c3C(=O)C1C(=O)OC)CC1NC(C2)C(C)=C1CC.[Mg+2]. The normalized spacial score (nSPS) is 30.4. The number of carbonyl (C=O) groups is 3. The second-order valence-corrected chi connectivity index (χ2v) is 13.3. The van der Waals surface area contributed by atoms with Crippen molar-refractivity contribution in [3.63, 3.8) is 0 Å². The molecule has 2 aromatic heterocycles. The molecule has 236 valence electrons. The third-order valence-electron chi connectivity index (χ3n) is 11.3. The maximum absolute atomic E-state index is 14.1. The van der Waals surface area contributed by atoms with Crippen LogP contribution in [0.4, 0.5) is 0 Å². The first-order chi connectivity index (χ1) is 21.0. The van der Waals surface area contributed by atoms with E-state index < -0.39 is 23.8 Å². The van der Waals surface area contributed by atoms with Crippen molar-refractivity contribution in [3.8, 4) is 0 Å². The summed E-state index contributed by atoms with van der Waals surface area (Å²) in [6, 6.07) is -0.135. The minimum absolute atomic E-state index is 0. The number of hydrogen-bond acceptors (Lipinski definition) is 6. The Hall–Kier alpha value is -2.66. The summed E-state index contributed by atoms with van der Waals surface area (Å²) in [5, 5.41) is 17.3. The Bertz CT molecular complexity index is 1570. The van der Waals surface area contributed by atoms with E-state index in [2.05, 4.69) is 44.9 Å². The average molecular weight is 625 g/mol. The number of aromatic nitrogens is 2. The topological polar surface area (TPSA) is 133 Å². The molecule has 1 fully saturated rings. The monoisotopic (exact) mass is 624 g/mol. The maximum atomic E-state index is 14.1. The number of carboxylic acids is 1. The van der Waals surface area contributed by atoms with Crippen molar-refractivity contribution in [2.24, 2.45) is 17.8 Å². The van der Waals surface area contributed by atoms with Gasteiger partial charge in [-0.25, -0.2) is 0 Å². The van der Waals surface area contributed by atoms with Crippen molar-refractivity contribution in [1.29, 1.82) is 0 Å². The van der Waals surface area contributed by atoms with Crippen LogP contribution in [0.1, 0.15) is 95.8 Å². The van der Waals surface area contributed by atoms with Crippen LogP contribution < -0.4 is 20.6 Å². The van der Waals surface area contributed by atoms with E-state index in [1.165, 1.54) is 18.3 Å². The molecule has 5 heterocycles. The van der Waals surface area contributed by atoms with Crippen LogP contribution in [0.5, 0.6) is 0 Å². The third-order valence-corrected chi connectivity index (χ3v) is 11.3. The molecule has 10 heteroatoms. The first-order valence-electron chi connectivity index (χ1n) is 16.0. The van der Waals surface area contributed by atoms with Gasteiger partial charge in [-0.15, -0.1) is 5.69 Å². The number of aliphatic carboxylic acids is 1. The number of methoxy groups -OCH3 is 1. The summed E-state index contributed by atoms with van der Waals surface area (Å²) >= 11 is 0. The molecule has 45 heavy (non-hydrogen) atoms. The van der Waals surface area contributed by atoms with Crippen LogP contribution in [0.2, 0.25) is 0 Å². The molecule has 6 rings (SSSR count). The molecule has 1 aliphatic carbocycles. The van der Waals surface area contributed by atoms with Crippen molar-refractivity contribution in [2.45, 2.75) is 103 Å². The Morgan fingerprint density at radius 2 is 1.73 bits per heavy atom. The van der Waals surface area contributed by atoms with E-state index in [1.54, 1.807) is 0 Å². The smallest absolute Gasteiger partial charge is 0.664 e. The first kappa shape index (κ1) is 33.7. The molecule has 0 radical (unpaired) electrons. The average Bonchev–Trinajstić information content (AvgIpc) is 3.72. The number of Topliss-reactive ketones (excluding diaryl/α,β-unsaturated/α-hetero) is 1. The van der Waals surface area contributed by atoms with Gasteiger partial charge in [0.1, 0.15) is 5.92 Å². The van der Waals surface area contributed by atoms with Crippen LogP contribution in [0.25, 0.3) is 6.08 Å². The summed E-state index contributed by atoms with van der Waals surface area (Å²) in [4.78, 5) is 49.5. The quantitative estimate of drug-likeness (QED) is 0.191. The fourth-order valence-corrected chi connectivity index (χ4v) is 8.89. The van der Waals surface area contributed by atoms with Gasteiger partial charge in [-0.2, -0.15) is 17.1 Å². The Labute approximate surface area is 281 Å². The van der Waals surface area contributed by atoms with Crippen LogP contribution >= 0.6 is 0 Å². The van der Waals surface area contributed by atoms with Gasteiger partial charge in [-0.05, 0) is 70.3 Å². The van der Waals surface area contributed by atoms with E-state index >= 15 is 0 Å². The standard InChI is InChI=1S/C35H45N4O5.Mg/c1-8-19-15(3)22-12-24-17(5)21(10-11-28(40)41)32(38-24)30-31(35(43)44-7)34(42)29-18(6)25(39-33(29)30)14-27-20(9-2)16(4)23(37-27)13-26(19)36-22;/h8,17,21,23-24,27,30-32,37-38H,1,9-14H2,2-7H3,(H2,39,40,41,42);/q-1;+2/p-1. The zero-order valence-corrected chi connectivity index (χ0v) is 28.7. The van der Waals surface area contributed by atoms with Gasteiger partial charge in [0.25, 0.3) is 0 Å². The van der Waals surface area contributed by atoms with E-state index in [1.807, 2.05) is 13.0 Å².